The molecule has 0 N–H and O–H groups in total. The number of rotatable bonds is 6. The molecular weight excluding hydrogens is 1700 g/mol. The summed E-state index contributed by atoms with van der Waals surface area (Å²) >= 11 is 0. The van der Waals surface area contributed by atoms with Gasteiger partial charge in [0.1, 0.15) is 100 Å². The van der Waals surface area contributed by atoms with Gasteiger partial charge >= 0.3 is 0 Å². The number of furan rings is 9. The van der Waals surface area contributed by atoms with Crippen molar-refractivity contribution in [2.24, 2.45) is 0 Å². The van der Waals surface area contributed by atoms with Crippen molar-refractivity contribution in [3.63, 3.8) is 0 Å². The van der Waals surface area contributed by atoms with Crippen LogP contribution in [-0.4, -0.2) is 13.7 Å². The molecule has 12 nitrogen and oxygen atoms in total. The Morgan fingerprint density at radius 3 is 0.812 bits per heavy atom. The number of nitrogens with zero attached hydrogens (tertiary/aromatic N) is 3. The van der Waals surface area contributed by atoms with Crippen molar-refractivity contribution in [1.82, 2.24) is 13.7 Å². The fourth-order valence-corrected chi connectivity index (χ4v) is 22.9. The van der Waals surface area contributed by atoms with Crippen LogP contribution in [0.15, 0.2) is 458 Å². The number of aromatic nitrogens is 3. The molecule has 0 bridgehead atoms. The second-order valence-corrected chi connectivity index (χ2v) is 36.1. The van der Waals surface area contributed by atoms with Gasteiger partial charge in [0.15, 0.2) is 0 Å². The Balaban J connectivity index is 0.0000000959. The lowest BCUT2D eigenvalue weighted by Crippen LogP contribution is -1.93. The first kappa shape index (κ1) is 74.8. The summed E-state index contributed by atoms with van der Waals surface area (Å²) in [6.45, 7) is 0. The summed E-state index contributed by atoms with van der Waals surface area (Å²) < 4.78 is 64.6. The van der Waals surface area contributed by atoms with E-state index in [1.807, 2.05) is 91.0 Å². The van der Waals surface area contributed by atoms with Gasteiger partial charge in [-0.2, -0.15) is 0 Å². The summed E-state index contributed by atoms with van der Waals surface area (Å²) in [4.78, 5) is 0. The molecule has 21 aromatic carbocycles. The van der Waals surface area contributed by atoms with Crippen molar-refractivity contribution in [3.05, 3.63) is 419 Å². The molecule has 642 valence electrons. The first-order valence-electron chi connectivity index (χ1n) is 46.5. The zero-order valence-corrected chi connectivity index (χ0v) is 73.4. The monoisotopic (exact) mass is 1770 g/mol. The summed E-state index contributed by atoms with van der Waals surface area (Å²) in [5.74, 6) is 0. The first-order chi connectivity index (χ1) is 68.4. The number of hydrogen-bond donors (Lipinski definition) is 0. The molecule has 0 fully saturated rings. The predicted octanol–water partition coefficient (Wildman–Crippen LogP) is 36.4. The van der Waals surface area contributed by atoms with Gasteiger partial charge in [0.2, 0.25) is 0 Å². The van der Waals surface area contributed by atoms with Crippen molar-refractivity contribution in [1.29, 1.82) is 0 Å². The van der Waals surface area contributed by atoms with E-state index in [2.05, 4.69) is 341 Å². The first-order valence-corrected chi connectivity index (χ1v) is 46.5. The van der Waals surface area contributed by atoms with Crippen molar-refractivity contribution in [3.8, 4) is 50.4 Å². The van der Waals surface area contributed by atoms with Gasteiger partial charge in [-0.15, -0.1) is 0 Å². The zero-order valence-electron chi connectivity index (χ0n) is 73.4. The predicted molar refractivity (Wildman–Crippen MR) is 564 cm³/mol. The van der Waals surface area contributed by atoms with E-state index in [-0.39, 0.29) is 0 Å². The highest BCUT2D eigenvalue weighted by atomic mass is 16.4. The molecule has 12 heterocycles. The zero-order chi connectivity index (χ0) is 89.8. The van der Waals surface area contributed by atoms with E-state index in [0.29, 0.717) is 0 Å². The van der Waals surface area contributed by atoms with Crippen LogP contribution in [0.5, 0.6) is 0 Å². The highest BCUT2D eigenvalue weighted by Gasteiger charge is 2.28. The van der Waals surface area contributed by atoms with E-state index >= 15 is 0 Å². The minimum absolute atomic E-state index is 0.857. The molecule has 0 aliphatic carbocycles. The summed E-state index contributed by atoms with van der Waals surface area (Å²) in [5.41, 5.74) is 32.5. The molecule has 12 heteroatoms. The molecule has 0 saturated carbocycles. The number of fused-ring (bicyclic) bond motifs is 37. The third-order valence-electron chi connectivity index (χ3n) is 28.8. The molecule has 0 amide bonds. The molecular formula is C126H69N3O9. The largest absolute Gasteiger partial charge is 0.456 e. The lowest BCUT2D eigenvalue weighted by molar-refractivity contribution is 0.668. The molecule has 12 aromatic heterocycles. The third-order valence-corrected chi connectivity index (χ3v) is 28.8. The Morgan fingerprint density at radius 1 is 0.116 bits per heavy atom. The van der Waals surface area contributed by atoms with E-state index < -0.39 is 0 Å². The van der Waals surface area contributed by atoms with E-state index in [1.54, 1.807) is 0 Å². The quantitative estimate of drug-likeness (QED) is 0.160. The highest BCUT2D eigenvalue weighted by Crippen LogP contribution is 2.51. The van der Waals surface area contributed by atoms with Crippen LogP contribution in [0.1, 0.15) is 0 Å². The SMILES string of the molecule is c1ccc2c(c1)oc1cc3c(cc12)c1ccccc1n3-c1ccc2oc3c(-c4cccc5oc6ccccc6c45)cccc3c2c1.c1ccc2c(c1)oc1cc3c4ccccc4n(-c4ccc5oc6c(-c7cccc8oc9ccccc9c78)cccc6c5c4)c3cc12.c1ccc2c(c1)oc1cccc(-c3cccc4c3oc3ccc(-n5c6ccccc6c6c7c(ccc65)oc5ccccc57)cc34)c12. The van der Waals surface area contributed by atoms with Crippen LogP contribution in [0.25, 0.3) is 313 Å². The van der Waals surface area contributed by atoms with Crippen LogP contribution in [0.4, 0.5) is 0 Å². The minimum atomic E-state index is 0.857. The Hall–Kier alpha value is -18.8. The highest BCUT2D eigenvalue weighted by molar-refractivity contribution is 6.29. The molecule has 33 rings (SSSR count). The molecule has 0 spiro atoms. The van der Waals surface area contributed by atoms with Gasteiger partial charge in [0, 0.05) is 169 Å². The van der Waals surface area contributed by atoms with Crippen molar-refractivity contribution in [2.45, 2.75) is 0 Å². The van der Waals surface area contributed by atoms with Gasteiger partial charge in [-0.25, -0.2) is 0 Å². The van der Waals surface area contributed by atoms with Crippen molar-refractivity contribution >= 4 is 263 Å². The van der Waals surface area contributed by atoms with Gasteiger partial charge in [-0.05, 0) is 174 Å². The molecule has 33 aromatic rings. The van der Waals surface area contributed by atoms with Gasteiger partial charge in [-0.3, -0.25) is 0 Å². The van der Waals surface area contributed by atoms with E-state index in [1.165, 1.54) is 32.3 Å². The number of para-hydroxylation sites is 12. The van der Waals surface area contributed by atoms with Gasteiger partial charge < -0.3 is 53.5 Å². The van der Waals surface area contributed by atoms with E-state index in [4.69, 9.17) is 39.8 Å². The molecule has 0 saturated heterocycles. The second-order valence-electron chi connectivity index (χ2n) is 36.1. The van der Waals surface area contributed by atoms with E-state index in [0.717, 1.165) is 281 Å². The Labute approximate surface area is 780 Å². The number of benzene rings is 21. The maximum absolute atomic E-state index is 6.67. The molecule has 138 heavy (non-hydrogen) atoms. The van der Waals surface area contributed by atoms with E-state index in [9.17, 15) is 0 Å². The van der Waals surface area contributed by atoms with Crippen LogP contribution in [0.2, 0.25) is 0 Å². The Morgan fingerprint density at radius 2 is 0.384 bits per heavy atom. The summed E-state index contributed by atoms with van der Waals surface area (Å²) in [5, 5.41) is 27.1. The summed E-state index contributed by atoms with van der Waals surface area (Å²) in [6, 6.07) is 146. The fourth-order valence-electron chi connectivity index (χ4n) is 22.9. The molecule has 0 aliphatic rings. The maximum atomic E-state index is 6.67. The molecule has 0 aliphatic heterocycles. The topological polar surface area (TPSA) is 133 Å². The third kappa shape index (κ3) is 10.7. The second kappa shape index (κ2) is 28.4. The molecule has 0 radical (unpaired) electrons. The fraction of sp³-hybridized carbons (Fsp3) is 0. The lowest BCUT2D eigenvalue weighted by atomic mass is 9.97. The Bertz CT molecular complexity index is 10800. The lowest BCUT2D eigenvalue weighted by Gasteiger charge is -2.08. The van der Waals surface area contributed by atoms with Crippen molar-refractivity contribution < 1.29 is 39.8 Å². The Kier molecular flexibility index (Phi) is 15.4. The average Bonchev–Trinajstić information content (AvgIpc) is 1.55. The standard InChI is InChI=1S/3C42H23NO3/c1-4-15-32-28(9-1)40-33(20-22-38-41(40)30-11-3-6-17-35(30)45-38)43(32)24-19-21-36-31(23-24)27-14-7-13-26(42(27)46-36)25-12-8-18-37-39(25)29-10-2-5-16-34(29)44-37;1-4-15-34-25(9-1)31-23-40-33(26-10-2-5-16-36(26)45-40)22-35(31)43(34)24-19-20-38-32(21-24)29-14-7-13-28(42(29)46-38)27-12-8-18-39-41(27)30-11-3-6-17-37(30)44-39;1-4-15-34-25(9-1)31-22-33-26-10-2-5-16-36(26)45-40(33)23-35(31)43(34)24-19-20-38-32(21-24)29-14-7-13-28(42(29)46-38)27-12-8-18-39-41(27)30-11-3-6-17-37(30)44-39/h3*1-23H. The minimum Gasteiger partial charge on any atom is -0.456 e. The summed E-state index contributed by atoms with van der Waals surface area (Å²) in [7, 11) is 0. The van der Waals surface area contributed by atoms with Gasteiger partial charge in [0.05, 0.1) is 33.1 Å². The normalized spacial score (nSPS) is 12.3. The molecule has 0 atom stereocenters. The van der Waals surface area contributed by atoms with Crippen molar-refractivity contribution in [2.75, 3.05) is 0 Å². The number of hydrogen-bond acceptors (Lipinski definition) is 9. The van der Waals surface area contributed by atoms with Crippen LogP contribution in [0.3, 0.4) is 0 Å². The molecule has 0 unspecified atom stereocenters. The van der Waals surface area contributed by atoms with Gasteiger partial charge in [0.25, 0.3) is 0 Å². The van der Waals surface area contributed by atoms with Gasteiger partial charge in [-0.1, -0.05) is 255 Å². The van der Waals surface area contributed by atoms with Crippen LogP contribution < -0.4 is 0 Å². The van der Waals surface area contributed by atoms with Crippen LogP contribution in [0, 0.1) is 0 Å². The van der Waals surface area contributed by atoms with Crippen LogP contribution >= 0.6 is 0 Å². The smallest absolute Gasteiger partial charge is 0.143 e. The average molecular weight is 1770 g/mol. The maximum Gasteiger partial charge on any atom is 0.143 e. The van der Waals surface area contributed by atoms with Crippen LogP contribution in [-0.2, 0) is 0 Å². The summed E-state index contributed by atoms with van der Waals surface area (Å²) in [6.07, 6.45) is 0.